The van der Waals surface area contributed by atoms with Crippen molar-refractivity contribution in [1.29, 1.82) is 0 Å². The van der Waals surface area contributed by atoms with Crippen molar-refractivity contribution in [2.75, 3.05) is 32.2 Å². The second kappa shape index (κ2) is 8.35. The summed E-state index contributed by atoms with van der Waals surface area (Å²) in [6.45, 7) is 0.342. The van der Waals surface area contributed by atoms with Crippen molar-refractivity contribution < 1.29 is 33.4 Å². The Morgan fingerprint density at radius 3 is 2.76 bits per heavy atom. The van der Waals surface area contributed by atoms with Crippen LogP contribution in [0.25, 0.3) is 10.9 Å². The quantitative estimate of drug-likeness (QED) is 0.622. The van der Waals surface area contributed by atoms with E-state index in [1.54, 1.807) is 18.2 Å². The van der Waals surface area contributed by atoms with E-state index in [1.807, 2.05) is 0 Å². The number of amides is 3. The average molecular weight is 408 g/mol. The van der Waals surface area contributed by atoms with Crippen LogP contribution < -0.4 is 15.8 Å². The van der Waals surface area contributed by atoms with Crippen molar-refractivity contribution in [3.8, 4) is 5.75 Å². The van der Waals surface area contributed by atoms with E-state index in [4.69, 9.17) is 15.2 Å². The molecule has 2 heterocycles. The topological polar surface area (TPSA) is 136 Å². The van der Waals surface area contributed by atoms with E-state index in [1.165, 1.54) is 13.3 Å². The first-order valence-corrected chi connectivity index (χ1v) is 8.83. The molecule has 0 spiro atoms. The number of nitrogens with zero attached hydrogens (tertiary/aromatic N) is 2. The molecule has 3 amide bonds. The van der Waals surface area contributed by atoms with Gasteiger partial charge >= 0.3 is 18.0 Å². The Kier molecular flexibility index (Phi) is 5.87. The first-order chi connectivity index (χ1) is 13.8. The number of carboxylic acids is 1. The summed E-state index contributed by atoms with van der Waals surface area (Å²) in [6.07, 6.45) is -0.374. The number of urea groups is 1. The van der Waals surface area contributed by atoms with Gasteiger partial charge in [-0.2, -0.15) is 0 Å². The molecule has 1 aromatic carbocycles. The number of carbonyl (C=O) groups is 3. The monoisotopic (exact) mass is 408 g/mol. The minimum absolute atomic E-state index is 0.215. The summed E-state index contributed by atoms with van der Waals surface area (Å²) in [5.41, 5.74) is 6.03. The molecule has 0 saturated carbocycles. The molecule has 1 aromatic heterocycles. The second-order valence-corrected chi connectivity index (χ2v) is 6.54. The Morgan fingerprint density at radius 2 is 2.10 bits per heavy atom. The molecular formula is C18H21FN4O6. The largest absolute Gasteiger partial charge is 0.491 e. The number of aliphatic carboxylic acids is 1. The van der Waals surface area contributed by atoms with Gasteiger partial charge in [0.05, 0.1) is 24.4 Å². The Bertz CT molecular complexity index is 946. The maximum atomic E-state index is 13.7. The van der Waals surface area contributed by atoms with E-state index in [0.29, 0.717) is 29.9 Å². The van der Waals surface area contributed by atoms with E-state index in [-0.39, 0.29) is 18.7 Å². The van der Waals surface area contributed by atoms with Gasteiger partial charge in [-0.15, -0.1) is 0 Å². The first kappa shape index (κ1) is 20.4. The smallest absolute Gasteiger partial charge is 0.326 e. The molecule has 11 heteroatoms. The summed E-state index contributed by atoms with van der Waals surface area (Å²) >= 11 is 0. The van der Waals surface area contributed by atoms with Crippen LogP contribution in [0, 0.1) is 0 Å². The van der Waals surface area contributed by atoms with Crippen LogP contribution in [0.1, 0.15) is 6.42 Å². The molecule has 10 nitrogen and oxygen atoms in total. The van der Waals surface area contributed by atoms with Gasteiger partial charge < -0.3 is 30.5 Å². The molecule has 0 bridgehead atoms. The SMILES string of the molecule is COCCOc1ccc2c(c1)c(NC(=O)N1C[C@@H](F)C[C@H]1C(=O)O)cn2C(N)=O. The number of nitrogens with one attached hydrogen (secondary N) is 1. The Balaban J connectivity index is 1.90. The summed E-state index contributed by atoms with van der Waals surface area (Å²) in [5.74, 6) is -0.811. The zero-order chi connectivity index (χ0) is 21.1. The number of hydrogen-bond donors (Lipinski definition) is 3. The lowest BCUT2D eigenvalue weighted by Crippen LogP contribution is -2.42. The van der Waals surface area contributed by atoms with Crippen LogP contribution in [-0.4, -0.2) is 71.7 Å². The molecule has 1 fully saturated rings. The van der Waals surface area contributed by atoms with Gasteiger partial charge in [-0.25, -0.2) is 18.8 Å². The number of nitrogens with two attached hydrogens (primary N) is 1. The number of alkyl halides is 1. The van der Waals surface area contributed by atoms with Gasteiger partial charge in [0, 0.05) is 25.1 Å². The number of methoxy groups -OCH3 is 1. The number of benzene rings is 1. The molecule has 4 N–H and O–H groups in total. The lowest BCUT2D eigenvalue weighted by Gasteiger charge is -2.21. The van der Waals surface area contributed by atoms with Crippen LogP contribution in [0.2, 0.25) is 0 Å². The fraction of sp³-hybridized carbons (Fsp3) is 0.389. The third kappa shape index (κ3) is 4.24. The number of likely N-dealkylation sites (tertiary alicyclic amines) is 1. The number of carboxylic acid groups (broad SMARTS) is 1. The van der Waals surface area contributed by atoms with Gasteiger partial charge in [-0.3, -0.25) is 4.57 Å². The Labute approximate surface area is 164 Å². The van der Waals surface area contributed by atoms with Gasteiger partial charge in [-0.05, 0) is 18.2 Å². The molecular weight excluding hydrogens is 387 g/mol. The summed E-state index contributed by atoms with van der Waals surface area (Å²) in [5, 5.41) is 12.2. The fourth-order valence-corrected chi connectivity index (χ4v) is 3.25. The Morgan fingerprint density at radius 1 is 1.34 bits per heavy atom. The highest BCUT2D eigenvalue weighted by molar-refractivity contribution is 6.05. The van der Waals surface area contributed by atoms with E-state index in [0.717, 1.165) is 9.47 Å². The fourth-order valence-electron chi connectivity index (χ4n) is 3.25. The maximum Gasteiger partial charge on any atom is 0.326 e. The number of aromatic nitrogens is 1. The van der Waals surface area contributed by atoms with Gasteiger partial charge in [0.15, 0.2) is 0 Å². The van der Waals surface area contributed by atoms with Crippen LogP contribution in [0.3, 0.4) is 0 Å². The predicted octanol–water partition coefficient (Wildman–Crippen LogP) is 1.62. The molecule has 2 aromatic rings. The number of anilines is 1. The number of fused-ring (bicyclic) bond motifs is 1. The van der Waals surface area contributed by atoms with Gasteiger partial charge in [0.2, 0.25) is 0 Å². The van der Waals surface area contributed by atoms with Crippen LogP contribution >= 0.6 is 0 Å². The number of hydrogen-bond acceptors (Lipinski definition) is 5. The van der Waals surface area contributed by atoms with Crippen molar-refractivity contribution in [2.45, 2.75) is 18.6 Å². The number of halogens is 1. The van der Waals surface area contributed by atoms with Crippen LogP contribution in [0.4, 0.5) is 19.7 Å². The highest BCUT2D eigenvalue weighted by Crippen LogP contribution is 2.31. The molecule has 29 heavy (non-hydrogen) atoms. The second-order valence-electron chi connectivity index (χ2n) is 6.54. The zero-order valence-corrected chi connectivity index (χ0v) is 15.6. The van der Waals surface area contributed by atoms with Gasteiger partial charge in [0.1, 0.15) is 24.6 Å². The molecule has 2 atom stereocenters. The molecule has 1 aliphatic heterocycles. The Hall–Kier alpha value is -3.34. The minimum Gasteiger partial charge on any atom is -0.491 e. The number of ether oxygens (including phenoxy) is 2. The number of primary amides is 1. The summed E-state index contributed by atoms with van der Waals surface area (Å²) in [7, 11) is 1.54. The van der Waals surface area contributed by atoms with E-state index in [9.17, 15) is 23.9 Å². The van der Waals surface area contributed by atoms with Crippen molar-refractivity contribution in [2.24, 2.45) is 5.73 Å². The molecule has 0 unspecified atom stereocenters. The molecule has 1 aliphatic rings. The van der Waals surface area contributed by atoms with Crippen molar-refractivity contribution >= 4 is 34.6 Å². The molecule has 0 aliphatic carbocycles. The lowest BCUT2D eigenvalue weighted by molar-refractivity contribution is -0.141. The van der Waals surface area contributed by atoms with Crippen LogP contribution in [-0.2, 0) is 9.53 Å². The normalized spacial score (nSPS) is 18.8. The number of carbonyl (C=O) groups excluding carboxylic acids is 2. The maximum absolute atomic E-state index is 13.7. The third-order valence-corrected chi connectivity index (χ3v) is 4.61. The minimum atomic E-state index is -1.42. The van der Waals surface area contributed by atoms with Crippen molar-refractivity contribution in [3.63, 3.8) is 0 Å². The average Bonchev–Trinajstić information content (AvgIpc) is 3.23. The zero-order valence-electron chi connectivity index (χ0n) is 15.6. The first-order valence-electron chi connectivity index (χ1n) is 8.83. The highest BCUT2D eigenvalue weighted by Gasteiger charge is 2.40. The van der Waals surface area contributed by atoms with E-state index >= 15 is 0 Å². The standard InChI is InChI=1S/C18H21FN4O6/c1-28-4-5-29-11-2-3-14-12(7-11)13(9-22(14)17(20)26)21-18(27)23-8-10(19)6-15(23)16(24)25/h2-3,7,9-10,15H,4-6,8H2,1H3,(H2,20,26)(H,21,27)(H,24,25)/t10-,15-/m0/s1. The number of rotatable bonds is 6. The molecule has 1 saturated heterocycles. The highest BCUT2D eigenvalue weighted by atomic mass is 19.1. The van der Waals surface area contributed by atoms with Gasteiger partial charge in [0.25, 0.3) is 0 Å². The van der Waals surface area contributed by atoms with Crippen molar-refractivity contribution in [1.82, 2.24) is 9.47 Å². The van der Waals surface area contributed by atoms with E-state index in [2.05, 4.69) is 5.32 Å². The molecule has 3 rings (SSSR count). The summed E-state index contributed by atoms with van der Waals surface area (Å²) in [6, 6.07) is 2.03. The molecule has 156 valence electrons. The van der Waals surface area contributed by atoms with Crippen molar-refractivity contribution in [3.05, 3.63) is 24.4 Å². The third-order valence-electron chi connectivity index (χ3n) is 4.61. The van der Waals surface area contributed by atoms with Crippen LogP contribution in [0.5, 0.6) is 5.75 Å². The van der Waals surface area contributed by atoms with Gasteiger partial charge in [-0.1, -0.05) is 0 Å². The lowest BCUT2D eigenvalue weighted by atomic mass is 10.2. The molecule has 0 radical (unpaired) electrons. The predicted molar refractivity (Wildman–Crippen MR) is 101 cm³/mol. The van der Waals surface area contributed by atoms with Crippen LogP contribution in [0.15, 0.2) is 24.4 Å². The summed E-state index contributed by atoms with van der Waals surface area (Å²) < 4.78 is 25.3. The summed E-state index contributed by atoms with van der Waals surface area (Å²) in [4.78, 5) is 36.6. The van der Waals surface area contributed by atoms with E-state index < -0.39 is 30.2 Å².